The van der Waals surface area contributed by atoms with Gasteiger partial charge in [-0.15, -0.1) is 0 Å². The number of nitrogen functional groups attached to an aromatic ring is 1. The van der Waals surface area contributed by atoms with Crippen LogP contribution in [-0.2, 0) is 4.79 Å². The summed E-state index contributed by atoms with van der Waals surface area (Å²) >= 11 is 11.9. The first kappa shape index (κ1) is 13.7. The van der Waals surface area contributed by atoms with Gasteiger partial charge < -0.3 is 11.1 Å². The number of rotatable bonds is 2. The number of nitrogens with two attached hydrogens (primary N) is 1. The summed E-state index contributed by atoms with van der Waals surface area (Å²) in [5.74, 6) is 5.67. The fourth-order valence-electron chi connectivity index (χ4n) is 1.16. The molecule has 0 aliphatic rings. The second-order valence-electron chi connectivity index (χ2n) is 3.39. The molecule has 0 fully saturated rings. The molecule has 1 aromatic carbocycles. The zero-order valence-corrected chi connectivity index (χ0v) is 10.8. The maximum absolute atomic E-state index is 10.6. The van der Waals surface area contributed by atoms with Gasteiger partial charge in [0.05, 0.1) is 15.6 Å². The Bertz CT molecular complexity index is 466. The van der Waals surface area contributed by atoms with Crippen LogP contribution in [0, 0.1) is 11.8 Å². The van der Waals surface area contributed by atoms with Crippen molar-refractivity contribution in [1.82, 2.24) is 5.32 Å². The summed E-state index contributed by atoms with van der Waals surface area (Å²) < 4.78 is 0. The van der Waals surface area contributed by atoms with Gasteiger partial charge in [-0.1, -0.05) is 35.0 Å². The third-order valence-corrected chi connectivity index (χ3v) is 2.50. The summed E-state index contributed by atoms with van der Waals surface area (Å²) in [6.45, 7) is 1.97. The summed E-state index contributed by atoms with van der Waals surface area (Å²) in [6.07, 6.45) is 0.538. The minimum Gasteiger partial charge on any atom is -0.399 e. The van der Waals surface area contributed by atoms with E-state index in [-0.39, 0.29) is 5.91 Å². The van der Waals surface area contributed by atoms with E-state index in [1.807, 2.05) is 0 Å². The average molecular weight is 271 g/mol. The van der Waals surface area contributed by atoms with Crippen LogP contribution < -0.4 is 11.1 Å². The molecular formula is C12H12Cl2N2O. The Kier molecular flexibility index (Phi) is 5.14. The van der Waals surface area contributed by atoms with Crippen molar-refractivity contribution in [1.29, 1.82) is 0 Å². The van der Waals surface area contributed by atoms with E-state index in [0.29, 0.717) is 34.3 Å². The Hall–Kier alpha value is -1.37. The summed E-state index contributed by atoms with van der Waals surface area (Å²) in [6, 6.07) is 3.20. The maximum atomic E-state index is 10.6. The van der Waals surface area contributed by atoms with Gasteiger partial charge in [-0.2, -0.15) is 0 Å². The molecule has 0 aliphatic carbocycles. The lowest BCUT2D eigenvalue weighted by Crippen LogP contribution is -2.20. The molecule has 1 amide bonds. The van der Waals surface area contributed by atoms with Crippen LogP contribution in [0.15, 0.2) is 12.1 Å². The summed E-state index contributed by atoms with van der Waals surface area (Å²) in [4.78, 5) is 10.6. The van der Waals surface area contributed by atoms with E-state index in [0.717, 1.165) is 0 Å². The van der Waals surface area contributed by atoms with Crippen molar-refractivity contribution in [3.63, 3.8) is 0 Å². The molecule has 0 heterocycles. The van der Waals surface area contributed by atoms with Crippen LogP contribution in [0.5, 0.6) is 0 Å². The lowest BCUT2D eigenvalue weighted by atomic mass is 10.2. The standard InChI is InChI=1S/C12H12Cl2N2O/c1-8(17)16-5-3-2-4-10-11(13)6-9(15)7-12(10)14/h6-7H,3,5,15H2,1H3,(H,16,17). The van der Waals surface area contributed by atoms with Crippen LogP contribution in [0.2, 0.25) is 10.0 Å². The van der Waals surface area contributed by atoms with Crippen LogP contribution >= 0.6 is 23.2 Å². The largest absolute Gasteiger partial charge is 0.399 e. The van der Waals surface area contributed by atoms with Crippen molar-refractivity contribution < 1.29 is 4.79 Å². The second-order valence-corrected chi connectivity index (χ2v) is 4.21. The zero-order valence-electron chi connectivity index (χ0n) is 9.31. The van der Waals surface area contributed by atoms with Crippen molar-refractivity contribution in [3.05, 3.63) is 27.7 Å². The van der Waals surface area contributed by atoms with E-state index >= 15 is 0 Å². The third-order valence-electron chi connectivity index (χ3n) is 1.90. The molecule has 90 valence electrons. The van der Waals surface area contributed by atoms with Gasteiger partial charge in [0, 0.05) is 25.6 Å². The van der Waals surface area contributed by atoms with Gasteiger partial charge in [-0.3, -0.25) is 4.79 Å². The number of hydrogen-bond donors (Lipinski definition) is 2. The van der Waals surface area contributed by atoms with Crippen LogP contribution in [0.25, 0.3) is 0 Å². The molecule has 5 heteroatoms. The molecule has 0 saturated carbocycles. The normalized spacial score (nSPS) is 9.35. The van der Waals surface area contributed by atoms with Crippen molar-refractivity contribution in [2.75, 3.05) is 12.3 Å². The minimum atomic E-state index is -0.0738. The Balaban J connectivity index is 2.69. The van der Waals surface area contributed by atoms with Crippen molar-refractivity contribution in [2.24, 2.45) is 0 Å². The highest BCUT2D eigenvalue weighted by molar-refractivity contribution is 6.37. The molecule has 1 aromatic rings. The lowest BCUT2D eigenvalue weighted by molar-refractivity contribution is -0.118. The number of carbonyl (C=O) groups excluding carboxylic acids is 1. The molecule has 0 bridgehead atoms. The fourth-order valence-corrected chi connectivity index (χ4v) is 1.76. The smallest absolute Gasteiger partial charge is 0.216 e. The fraction of sp³-hybridized carbons (Fsp3) is 0.250. The highest BCUT2D eigenvalue weighted by atomic mass is 35.5. The number of hydrogen-bond acceptors (Lipinski definition) is 2. The number of halogens is 2. The van der Waals surface area contributed by atoms with Gasteiger partial charge in [-0.05, 0) is 12.1 Å². The molecule has 0 aromatic heterocycles. The molecule has 0 saturated heterocycles. The maximum Gasteiger partial charge on any atom is 0.216 e. The monoisotopic (exact) mass is 270 g/mol. The van der Waals surface area contributed by atoms with Crippen molar-refractivity contribution >= 4 is 34.8 Å². The van der Waals surface area contributed by atoms with Crippen molar-refractivity contribution in [3.8, 4) is 11.8 Å². The number of amides is 1. The first-order valence-electron chi connectivity index (χ1n) is 4.98. The molecule has 1 rings (SSSR count). The molecule has 17 heavy (non-hydrogen) atoms. The van der Waals surface area contributed by atoms with Gasteiger partial charge in [0.25, 0.3) is 0 Å². The lowest BCUT2D eigenvalue weighted by Gasteiger charge is -2.01. The highest BCUT2D eigenvalue weighted by Gasteiger charge is 2.03. The topological polar surface area (TPSA) is 55.1 Å². The minimum absolute atomic E-state index is 0.0738. The SMILES string of the molecule is CC(=O)NCCC#Cc1c(Cl)cc(N)cc1Cl. The summed E-state index contributed by atoms with van der Waals surface area (Å²) in [5.41, 5.74) is 6.64. The molecule has 0 unspecified atom stereocenters. The van der Waals surface area contributed by atoms with Gasteiger partial charge in [0.2, 0.25) is 5.91 Å². The quantitative estimate of drug-likeness (QED) is 0.493. The molecule has 3 N–H and O–H groups in total. The summed E-state index contributed by atoms with van der Waals surface area (Å²) in [7, 11) is 0. The molecular weight excluding hydrogens is 259 g/mol. The van der Waals surface area contributed by atoms with Gasteiger partial charge in [-0.25, -0.2) is 0 Å². The van der Waals surface area contributed by atoms with E-state index in [1.54, 1.807) is 12.1 Å². The van der Waals surface area contributed by atoms with Gasteiger partial charge in [0.15, 0.2) is 0 Å². The Morgan fingerprint density at radius 1 is 1.41 bits per heavy atom. The number of nitrogens with one attached hydrogen (secondary N) is 1. The first-order chi connectivity index (χ1) is 8.00. The number of carbonyl (C=O) groups is 1. The Morgan fingerprint density at radius 2 is 2.00 bits per heavy atom. The second kappa shape index (κ2) is 6.39. The highest BCUT2D eigenvalue weighted by Crippen LogP contribution is 2.26. The molecule has 0 aliphatic heterocycles. The molecule has 0 atom stereocenters. The zero-order chi connectivity index (χ0) is 12.8. The Labute approximate surface area is 110 Å². The summed E-state index contributed by atoms with van der Waals surface area (Å²) in [5, 5.41) is 3.51. The van der Waals surface area contributed by atoms with Gasteiger partial charge >= 0.3 is 0 Å². The van der Waals surface area contributed by atoms with Crippen LogP contribution in [0.1, 0.15) is 18.9 Å². The number of anilines is 1. The van der Waals surface area contributed by atoms with Crippen LogP contribution in [0.4, 0.5) is 5.69 Å². The van der Waals surface area contributed by atoms with E-state index in [2.05, 4.69) is 17.2 Å². The van der Waals surface area contributed by atoms with E-state index in [1.165, 1.54) is 6.92 Å². The van der Waals surface area contributed by atoms with E-state index in [4.69, 9.17) is 28.9 Å². The molecule has 0 spiro atoms. The molecule has 3 nitrogen and oxygen atoms in total. The average Bonchev–Trinajstić information content (AvgIpc) is 2.20. The predicted molar refractivity (Wildman–Crippen MR) is 71.1 cm³/mol. The molecule has 0 radical (unpaired) electrons. The van der Waals surface area contributed by atoms with Crippen LogP contribution in [0.3, 0.4) is 0 Å². The Morgan fingerprint density at radius 3 is 2.53 bits per heavy atom. The van der Waals surface area contributed by atoms with E-state index < -0.39 is 0 Å². The van der Waals surface area contributed by atoms with Gasteiger partial charge in [0.1, 0.15) is 0 Å². The van der Waals surface area contributed by atoms with Crippen LogP contribution in [-0.4, -0.2) is 12.5 Å². The predicted octanol–water partition coefficient (Wildman–Crippen LogP) is 2.45. The third kappa shape index (κ3) is 4.56. The number of benzene rings is 1. The van der Waals surface area contributed by atoms with E-state index in [9.17, 15) is 4.79 Å². The first-order valence-corrected chi connectivity index (χ1v) is 5.74. The van der Waals surface area contributed by atoms with Crippen molar-refractivity contribution in [2.45, 2.75) is 13.3 Å².